The molecule has 0 saturated carbocycles. The number of amides is 2. The molecule has 0 aromatic heterocycles. The van der Waals surface area contributed by atoms with Crippen molar-refractivity contribution in [3.8, 4) is 0 Å². The van der Waals surface area contributed by atoms with Crippen molar-refractivity contribution < 1.29 is 29.3 Å². The second-order valence-corrected chi connectivity index (χ2v) is 12.4. The highest BCUT2D eigenvalue weighted by Crippen LogP contribution is 2.47. The first-order chi connectivity index (χ1) is 22.4. The summed E-state index contributed by atoms with van der Waals surface area (Å²) in [6.07, 6.45) is -0.973. The zero-order valence-corrected chi connectivity index (χ0v) is 26.6. The number of hydrogen-bond acceptors (Lipinski definition) is 7. The maximum Gasteiger partial charge on any atom is 0.319 e. The molecule has 4 aromatic carbocycles. The lowest BCUT2D eigenvalue weighted by Crippen LogP contribution is -2.43. The minimum absolute atomic E-state index is 0.0487. The molecule has 5 atom stereocenters. The largest absolute Gasteiger partial charge is 0.396 e. The van der Waals surface area contributed by atoms with Gasteiger partial charge < -0.3 is 30.3 Å². The van der Waals surface area contributed by atoms with Crippen LogP contribution in [0.1, 0.15) is 53.1 Å². The molecule has 46 heavy (non-hydrogen) atoms. The van der Waals surface area contributed by atoms with E-state index in [1.807, 2.05) is 91.0 Å². The molecule has 4 aromatic rings. The van der Waals surface area contributed by atoms with E-state index < -0.39 is 18.4 Å². The third-order valence-corrected chi connectivity index (χ3v) is 9.02. The number of ether oxygens (including phenoxy) is 2. The fourth-order valence-electron chi connectivity index (χ4n) is 5.65. The summed E-state index contributed by atoms with van der Waals surface area (Å²) in [5.41, 5.74) is 5.06. The van der Waals surface area contributed by atoms with E-state index in [-0.39, 0.29) is 37.1 Å². The van der Waals surface area contributed by atoms with Gasteiger partial charge in [0, 0.05) is 28.7 Å². The van der Waals surface area contributed by atoms with Crippen LogP contribution in [0.2, 0.25) is 0 Å². The van der Waals surface area contributed by atoms with Crippen molar-refractivity contribution in [3.63, 3.8) is 0 Å². The molecule has 9 heteroatoms. The SMILES string of the molecule is CC(=O)[C@@H](Cc1ccccc1)NC(=O)Nc1cccc(C2O[C@H](CSCCO)[C@@H](c3ccccc3)[C@H](c3ccc(CO)cc3)O2)c1. The lowest BCUT2D eigenvalue weighted by atomic mass is 9.84. The van der Waals surface area contributed by atoms with Gasteiger partial charge in [0.1, 0.15) is 0 Å². The highest BCUT2D eigenvalue weighted by Gasteiger charge is 2.41. The van der Waals surface area contributed by atoms with E-state index in [4.69, 9.17) is 9.47 Å². The molecule has 0 spiro atoms. The van der Waals surface area contributed by atoms with E-state index in [0.29, 0.717) is 23.6 Å². The molecule has 1 aliphatic rings. The monoisotopic (exact) mass is 640 g/mol. The van der Waals surface area contributed by atoms with Crippen molar-refractivity contribution in [3.05, 3.63) is 137 Å². The molecule has 4 N–H and O–H groups in total. The van der Waals surface area contributed by atoms with Crippen LogP contribution < -0.4 is 10.6 Å². The topological polar surface area (TPSA) is 117 Å². The Morgan fingerprint density at radius 3 is 2.17 bits per heavy atom. The van der Waals surface area contributed by atoms with Gasteiger partial charge in [0.05, 0.1) is 31.5 Å². The first kappa shape index (κ1) is 33.4. The van der Waals surface area contributed by atoms with Crippen LogP contribution >= 0.6 is 11.8 Å². The van der Waals surface area contributed by atoms with Crippen LogP contribution in [-0.2, 0) is 27.3 Å². The number of aliphatic hydroxyl groups excluding tert-OH is 2. The van der Waals surface area contributed by atoms with Crippen LogP contribution in [0.5, 0.6) is 0 Å². The van der Waals surface area contributed by atoms with Gasteiger partial charge in [-0.05, 0) is 47.7 Å². The van der Waals surface area contributed by atoms with Crippen molar-refractivity contribution >= 4 is 29.3 Å². The van der Waals surface area contributed by atoms with E-state index in [1.54, 1.807) is 17.8 Å². The molecular formula is C37H40N2O6S. The third kappa shape index (κ3) is 8.84. The number of ketones is 1. The van der Waals surface area contributed by atoms with Crippen LogP contribution in [0.4, 0.5) is 10.5 Å². The average molecular weight is 641 g/mol. The van der Waals surface area contributed by atoms with Crippen molar-refractivity contribution in [1.82, 2.24) is 5.32 Å². The zero-order valence-electron chi connectivity index (χ0n) is 25.8. The number of carbonyl (C=O) groups excluding carboxylic acids is 2. The Labute approximate surface area is 274 Å². The summed E-state index contributed by atoms with van der Waals surface area (Å²) in [6.45, 7) is 1.50. The average Bonchev–Trinajstić information content (AvgIpc) is 3.08. The van der Waals surface area contributed by atoms with Crippen LogP contribution in [-0.4, -0.2) is 52.3 Å². The van der Waals surface area contributed by atoms with E-state index in [9.17, 15) is 19.8 Å². The molecule has 0 radical (unpaired) electrons. The number of nitrogens with one attached hydrogen (secondary N) is 2. The normalized spacial score (nSPS) is 20.1. The minimum atomic E-state index is -0.741. The Bertz CT molecular complexity index is 1550. The molecule has 1 fully saturated rings. The smallest absolute Gasteiger partial charge is 0.319 e. The lowest BCUT2D eigenvalue weighted by molar-refractivity contribution is -0.255. The number of carbonyl (C=O) groups is 2. The lowest BCUT2D eigenvalue weighted by Gasteiger charge is -2.43. The van der Waals surface area contributed by atoms with Gasteiger partial charge in [-0.3, -0.25) is 4.79 Å². The summed E-state index contributed by atoms with van der Waals surface area (Å²) in [5, 5.41) is 24.8. The summed E-state index contributed by atoms with van der Waals surface area (Å²) < 4.78 is 13.4. The zero-order chi connectivity index (χ0) is 32.3. The number of aliphatic hydroxyl groups is 2. The number of thioether (sulfide) groups is 1. The Morgan fingerprint density at radius 2 is 1.50 bits per heavy atom. The van der Waals surface area contributed by atoms with E-state index >= 15 is 0 Å². The molecule has 1 unspecified atom stereocenters. The molecule has 1 heterocycles. The summed E-state index contributed by atoms with van der Waals surface area (Å²) in [4.78, 5) is 25.3. The molecule has 8 nitrogen and oxygen atoms in total. The summed E-state index contributed by atoms with van der Waals surface area (Å²) in [7, 11) is 0. The predicted octanol–water partition coefficient (Wildman–Crippen LogP) is 6.17. The van der Waals surface area contributed by atoms with Crippen molar-refractivity contribution in [2.75, 3.05) is 23.4 Å². The molecule has 0 bridgehead atoms. The highest BCUT2D eigenvalue weighted by atomic mass is 32.2. The standard InChI is InChI=1S/C37H40N2O6S/c1-25(42)32(21-26-9-4-2-5-10-26)39-37(43)38-31-14-8-13-30(22-31)36-44-33(24-46-20-19-40)34(28-11-6-3-7-12-28)35(45-36)29-17-15-27(23-41)16-18-29/h2-18,22,32-36,40-41H,19-21,23-24H2,1H3,(H2,38,39,43)/t32-,33-,34-,35+,36?/m1/s1. The van der Waals surface area contributed by atoms with Gasteiger partial charge in [0.25, 0.3) is 0 Å². The Morgan fingerprint density at radius 1 is 0.804 bits per heavy atom. The first-order valence-corrected chi connectivity index (χ1v) is 16.6. The maximum absolute atomic E-state index is 13.0. The second kappa shape index (κ2) is 16.5. The Kier molecular flexibility index (Phi) is 12.0. The Balaban J connectivity index is 1.38. The van der Waals surface area contributed by atoms with Crippen LogP contribution in [0.15, 0.2) is 109 Å². The van der Waals surface area contributed by atoms with E-state index in [2.05, 4.69) is 22.8 Å². The summed E-state index contributed by atoms with van der Waals surface area (Å²) in [5.74, 6) is 0.957. The van der Waals surface area contributed by atoms with Crippen molar-refractivity contribution in [2.24, 2.45) is 0 Å². The van der Waals surface area contributed by atoms with Gasteiger partial charge in [0.2, 0.25) is 0 Å². The van der Waals surface area contributed by atoms with Gasteiger partial charge in [-0.25, -0.2) is 4.79 Å². The van der Waals surface area contributed by atoms with Gasteiger partial charge >= 0.3 is 6.03 Å². The maximum atomic E-state index is 13.0. The number of Topliss-reactive ketones (excluding diaryl/α,β-unsaturated/α-hetero) is 1. The number of hydrogen-bond donors (Lipinski definition) is 4. The molecule has 1 aliphatic heterocycles. The van der Waals surface area contributed by atoms with Gasteiger partial charge in [-0.1, -0.05) is 97.1 Å². The Hall–Kier alpha value is -3.99. The molecule has 2 amide bonds. The molecular weight excluding hydrogens is 600 g/mol. The molecule has 240 valence electrons. The minimum Gasteiger partial charge on any atom is -0.396 e. The van der Waals surface area contributed by atoms with Crippen molar-refractivity contribution in [2.45, 2.75) is 50.4 Å². The first-order valence-electron chi connectivity index (χ1n) is 15.4. The fraction of sp³-hybridized carbons (Fsp3) is 0.297. The second-order valence-electron chi connectivity index (χ2n) is 11.3. The van der Waals surface area contributed by atoms with Gasteiger partial charge in [0.15, 0.2) is 12.1 Å². The number of rotatable bonds is 13. The van der Waals surface area contributed by atoms with Gasteiger partial charge in [-0.2, -0.15) is 11.8 Å². The fourth-order valence-corrected chi connectivity index (χ4v) is 6.46. The molecule has 5 rings (SSSR count). The highest BCUT2D eigenvalue weighted by molar-refractivity contribution is 7.99. The number of urea groups is 1. The molecule has 0 aliphatic carbocycles. The van der Waals surface area contributed by atoms with Gasteiger partial charge in [-0.15, -0.1) is 0 Å². The number of benzene rings is 4. The van der Waals surface area contributed by atoms with E-state index in [0.717, 1.165) is 27.8 Å². The van der Waals surface area contributed by atoms with Crippen LogP contribution in [0.25, 0.3) is 0 Å². The predicted molar refractivity (Wildman–Crippen MR) is 181 cm³/mol. The van der Waals surface area contributed by atoms with E-state index in [1.165, 1.54) is 6.92 Å². The van der Waals surface area contributed by atoms with Crippen LogP contribution in [0.3, 0.4) is 0 Å². The molecule has 1 saturated heterocycles. The summed E-state index contributed by atoms with van der Waals surface area (Å²) in [6, 6.07) is 33.6. The quantitative estimate of drug-likeness (QED) is 0.129. The van der Waals surface area contributed by atoms with Crippen molar-refractivity contribution in [1.29, 1.82) is 0 Å². The summed E-state index contributed by atoms with van der Waals surface area (Å²) >= 11 is 1.62. The third-order valence-electron chi connectivity index (χ3n) is 7.98. The van der Waals surface area contributed by atoms with Crippen LogP contribution in [0, 0.1) is 0 Å². The number of anilines is 1.